The number of esters is 1. The second-order valence-electron chi connectivity index (χ2n) is 3.91. The van der Waals surface area contributed by atoms with Gasteiger partial charge < -0.3 is 14.2 Å². The Labute approximate surface area is 118 Å². The number of fused-ring (bicyclic) bond motifs is 1. The van der Waals surface area contributed by atoms with Crippen molar-refractivity contribution in [1.82, 2.24) is 0 Å². The van der Waals surface area contributed by atoms with Crippen LogP contribution in [0.1, 0.15) is 10.4 Å². The quantitative estimate of drug-likeness (QED) is 0.628. The first kappa shape index (κ1) is 12.0. The molecule has 0 aromatic heterocycles. The summed E-state index contributed by atoms with van der Waals surface area (Å²) in [4.78, 5) is 11.9. The largest absolute Gasteiger partial charge is 0.454 e. The fourth-order valence-corrected chi connectivity index (χ4v) is 1.96. The van der Waals surface area contributed by atoms with Crippen molar-refractivity contribution in [2.75, 3.05) is 6.79 Å². The smallest absolute Gasteiger partial charge is 0.343 e. The van der Waals surface area contributed by atoms with Gasteiger partial charge in [0.25, 0.3) is 0 Å². The fraction of sp³-hybridized carbons (Fsp3) is 0.0714. The number of halogens is 1. The zero-order valence-electron chi connectivity index (χ0n) is 9.76. The molecule has 0 amide bonds. The molecule has 0 fully saturated rings. The molecule has 96 valence electrons. The fourth-order valence-electron chi connectivity index (χ4n) is 1.69. The maximum atomic E-state index is 11.9. The third-order valence-corrected chi connectivity index (χ3v) is 3.16. The van der Waals surface area contributed by atoms with Crippen molar-refractivity contribution in [1.29, 1.82) is 0 Å². The molecule has 1 aliphatic rings. The van der Waals surface area contributed by atoms with E-state index in [1.54, 1.807) is 42.5 Å². The molecule has 0 radical (unpaired) electrons. The summed E-state index contributed by atoms with van der Waals surface area (Å²) < 4.78 is 16.6. The molecular weight excluding hydrogens is 312 g/mol. The summed E-state index contributed by atoms with van der Waals surface area (Å²) in [7, 11) is 0. The Balaban J connectivity index is 1.77. The minimum Gasteiger partial charge on any atom is -0.454 e. The summed E-state index contributed by atoms with van der Waals surface area (Å²) in [5.41, 5.74) is 0.487. The number of carbonyl (C=O) groups is 1. The van der Waals surface area contributed by atoms with E-state index in [0.717, 1.165) is 4.47 Å². The van der Waals surface area contributed by atoms with Gasteiger partial charge >= 0.3 is 5.97 Å². The molecule has 0 atom stereocenters. The number of hydrogen-bond acceptors (Lipinski definition) is 4. The van der Waals surface area contributed by atoms with Crippen molar-refractivity contribution >= 4 is 21.9 Å². The van der Waals surface area contributed by atoms with Gasteiger partial charge in [-0.15, -0.1) is 0 Å². The molecule has 1 aliphatic heterocycles. The van der Waals surface area contributed by atoms with E-state index in [9.17, 15) is 4.79 Å². The van der Waals surface area contributed by atoms with E-state index in [1.807, 2.05) is 0 Å². The van der Waals surface area contributed by atoms with Crippen LogP contribution >= 0.6 is 15.9 Å². The van der Waals surface area contributed by atoms with Crippen molar-refractivity contribution in [3.8, 4) is 17.2 Å². The first-order valence-corrected chi connectivity index (χ1v) is 6.39. The highest BCUT2D eigenvalue weighted by atomic mass is 79.9. The number of benzene rings is 2. The molecule has 1 heterocycles. The Morgan fingerprint density at radius 1 is 1.05 bits per heavy atom. The molecule has 4 nitrogen and oxygen atoms in total. The minimum absolute atomic E-state index is 0.194. The van der Waals surface area contributed by atoms with Crippen LogP contribution in [0.25, 0.3) is 0 Å². The van der Waals surface area contributed by atoms with Crippen molar-refractivity contribution in [2.24, 2.45) is 0 Å². The Bertz CT molecular complexity index is 622. The van der Waals surface area contributed by atoms with Gasteiger partial charge in [0.1, 0.15) is 5.75 Å². The van der Waals surface area contributed by atoms with E-state index in [4.69, 9.17) is 14.2 Å². The zero-order chi connectivity index (χ0) is 13.2. The first-order valence-electron chi connectivity index (χ1n) is 5.60. The Morgan fingerprint density at radius 2 is 1.79 bits per heavy atom. The molecule has 0 aliphatic carbocycles. The Kier molecular flexibility index (Phi) is 3.13. The van der Waals surface area contributed by atoms with E-state index >= 15 is 0 Å². The van der Waals surface area contributed by atoms with E-state index in [1.165, 1.54) is 0 Å². The molecule has 0 unspecified atom stereocenters. The number of carbonyl (C=O) groups excluding carboxylic acids is 1. The zero-order valence-corrected chi connectivity index (χ0v) is 11.3. The highest BCUT2D eigenvalue weighted by Gasteiger charge is 2.15. The van der Waals surface area contributed by atoms with Crippen LogP contribution in [-0.2, 0) is 0 Å². The predicted molar refractivity (Wildman–Crippen MR) is 71.7 cm³/mol. The molecule has 2 aromatic rings. The summed E-state index contributed by atoms with van der Waals surface area (Å²) in [6.45, 7) is 0.194. The van der Waals surface area contributed by atoms with Gasteiger partial charge in [-0.25, -0.2) is 4.79 Å². The van der Waals surface area contributed by atoms with Gasteiger partial charge in [0.15, 0.2) is 11.5 Å². The summed E-state index contributed by atoms with van der Waals surface area (Å²) in [6.07, 6.45) is 0. The second-order valence-corrected chi connectivity index (χ2v) is 4.83. The van der Waals surface area contributed by atoms with E-state index in [2.05, 4.69) is 15.9 Å². The summed E-state index contributed by atoms with van der Waals surface area (Å²) >= 11 is 3.31. The second kappa shape index (κ2) is 4.93. The molecule has 0 saturated carbocycles. The topological polar surface area (TPSA) is 44.8 Å². The number of rotatable bonds is 2. The average molecular weight is 321 g/mol. The van der Waals surface area contributed by atoms with Gasteiger partial charge in [-0.05, 0) is 36.4 Å². The maximum Gasteiger partial charge on any atom is 0.343 e. The standard InChI is InChI=1S/C14H9BrO4/c15-10-3-1-9(2-4-10)14(16)19-11-5-6-12-13(7-11)18-8-17-12/h1-7H,8H2. The van der Waals surface area contributed by atoms with Crippen LogP contribution in [0.2, 0.25) is 0 Å². The summed E-state index contributed by atoms with van der Waals surface area (Å²) in [6, 6.07) is 12.0. The van der Waals surface area contributed by atoms with E-state index < -0.39 is 5.97 Å². The van der Waals surface area contributed by atoms with Gasteiger partial charge in [-0.2, -0.15) is 0 Å². The molecule has 5 heteroatoms. The molecule has 2 aromatic carbocycles. The van der Waals surface area contributed by atoms with Gasteiger partial charge in [-0.3, -0.25) is 0 Å². The average Bonchev–Trinajstić information content (AvgIpc) is 2.87. The lowest BCUT2D eigenvalue weighted by Crippen LogP contribution is -2.08. The molecule has 0 spiro atoms. The van der Waals surface area contributed by atoms with Crippen LogP contribution in [-0.4, -0.2) is 12.8 Å². The lowest BCUT2D eigenvalue weighted by atomic mass is 10.2. The van der Waals surface area contributed by atoms with Crippen molar-refractivity contribution < 1.29 is 19.0 Å². The third kappa shape index (κ3) is 2.56. The molecular formula is C14H9BrO4. The van der Waals surface area contributed by atoms with Crippen LogP contribution in [0.4, 0.5) is 0 Å². The maximum absolute atomic E-state index is 11.9. The minimum atomic E-state index is -0.411. The van der Waals surface area contributed by atoms with Crippen molar-refractivity contribution in [2.45, 2.75) is 0 Å². The summed E-state index contributed by atoms with van der Waals surface area (Å²) in [5, 5.41) is 0. The van der Waals surface area contributed by atoms with Gasteiger partial charge in [0.05, 0.1) is 5.56 Å². The Morgan fingerprint density at radius 3 is 2.58 bits per heavy atom. The van der Waals surface area contributed by atoms with E-state index in [-0.39, 0.29) is 6.79 Å². The van der Waals surface area contributed by atoms with Gasteiger partial charge in [0.2, 0.25) is 6.79 Å². The third-order valence-electron chi connectivity index (χ3n) is 2.63. The monoisotopic (exact) mass is 320 g/mol. The molecule has 0 bridgehead atoms. The lowest BCUT2D eigenvalue weighted by molar-refractivity contribution is 0.0734. The van der Waals surface area contributed by atoms with Gasteiger partial charge in [-0.1, -0.05) is 15.9 Å². The summed E-state index contributed by atoms with van der Waals surface area (Å²) in [5.74, 6) is 1.26. The molecule has 0 saturated heterocycles. The lowest BCUT2D eigenvalue weighted by Gasteiger charge is -2.05. The van der Waals surface area contributed by atoms with Crippen LogP contribution in [0, 0.1) is 0 Å². The van der Waals surface area contributed by atoms with Crippen LogP contribution in [0.3, 0.4) is 0 Å². The first-order chi connectivity index (χ1) is 9.22. The van der Waals surface area contributed by atoms with Crippen LogP contribution in [0.5, 0.6) is 17.2 Å². The number of ether oxygens (including phenoxy) is 3. The molecule has 0 N–H and O–H groups in total. The van der Waals surface area contributed by atoms with Crippen molar-refractivity contribution in [3.63, 3.8) is 0 Å². The van der Waals surface area contributed by atoms with Gasteiger partial charge in [0, 0.05) is 10.5 Å². The Hall–Kier alpha value is -2.01. The highest BCUT2D eigenvalue weighted by Crippen LogP contribution is 2.35. The van der Waals surface area contributed by atoms with E-state index in [0.29, 0.717) is 22.8 Å². The van der Waals surface area contributed by atoms with Crippen LogP contribution in [0.15, 0.2) is 46.9 Å². The predicted octanol–water partition coefficient (Wildman–Crippen LogP) is 3.40. The van der Waals surface area contributed by atoms with Crippen molar-refractivity contribution in [3.05, 3.63) is 52.5 Å². The normalized spacial score (nSPS) is 12.3. The highest BCUT2D eigenvalue weighted by molar-refractivity contribution is 9.10. The SMILES string of the molecule is O=C(Oc1ccc2c(c1)OCO2)c1ccc(Br)cc1. The molecule has 19 heavy (non-hydrogen) atoms. The molecule has 3 rings (SSSR count). The number of hydrogen-bond donors (Lipinski definition) is 0. The van der Waals surface area contributed by atoms with Crippen LogP contribution < -0.4 is 14.2 Å².